The molecule has 2 heterocycles. The molecule has 0 unspecified atom stereocenters. The molecular formula is C22H28BCl2N3O6. The fraction of sp³-hybridized carbons (Fsp3) is 0.545. The number of hydrogen-bond acceptors (Lipinski definition) is 7. The minimum Gasteiger partial charge on any atom is -0.497 e. The fourth-order valence-electron chi connectivity index (χ4n) is 4.20. The number of hydrogen-bond donors (Lipinski definition) is 2. The van der Waals surface area contributed by atoms with Crippen LogP contribution in [-0.4, -0.2) is 67.4 Å². The van der Waals surface area contributed by atoms with E-state index in [1.807, 2.05) is 13.8 Å². The molecule has 3 rings (SSSR count). The zero-order valence-corrected chi connectivity index (χ0v) is 20.8. The second-order valence-corrected chi connectivity index (χ2v) is 9.82. The molecule has 2 aliphatic heterocycles. The first-order chi connectivity index (χ1) is 16.1. The van der Waals surface area contributed by atoms with Crippen molar-refractivity contribution < 1.29 is 28.5 Å². The molecule has 1 aromatic rings. The number of nitrogens with one attached hydrogen (secondary N) is 2. The monoisotopic (exact) mass is 511 g/mol. The third kappa shape index (κ3) is 6.43. The average Bonchev–Trinajstić information content (AvgIpc) is 2.77. The van der Waals surface area contributed by atoms with E-state index in [0.29, 0.717) is 24.3 Å². The van der Waals surface area contributed by atoms with E-state index in [0.717, 1.165) is 6.42 Å². The molecule has 9 nitrogen and oxygen atoms in total. The molecule has 0 spiro atoms. The highest BCUT2D eigenvalue weighted by atomic mass is 35.5. The Hall–Kier alpha value is -2.30. The average molecular weight is 512 g/mol. The van der Waals surface area contributed by atoms with E-state index in [2.05, 4.69) is 10.6 Å². The minimum absolute atomic E-state index is 0.0928. The largest absolute Gasteiger partial charge is 0.622 e. The number of amides is 2. The highest BCUT2D eigenvalue weighted by molar-refractivity contribution is 6.51. The lowest BCUT2D eigenvalue weighted by Crippen LogP contribution is -2.61. The van der Waals surface area contributed by atoms with Crippen molar-refractivity contribution in [3.8, 4) is 0 Å². The third-order valence-electron chi connectivity index (χ3n) is 5.93. The lowest BCUT2D eigenvalue weighted by molar-refractivity contribution is -0.157. The van der Waals surface area contributed by atoms with Crippen molar-refractivity contribution in [2.45, 2.75) is 57.6 Å². The van der Waals surface area contributed by atoms with E-state index in [9.17, 15) is 19.2 Å². The highest BCUT2D eigenvalue weighted by Crippen LogP contribution is 2.26. The van der Waals surface area contributed by atoms with Crippen molar-refractivity contribution in [2.75, 3.05) is 13.6 Å². The van der Waals surface area contributed by atoms with Gasteiger partial charge in [-0.15, -0.1) is 0 Å². The van der Waals surface area contributed by atoms with E-state index in [4.69, 9.17) is 32.5 Å². The zero-order valence-electron chi connectivity index (χ0n) is 19.3. The summed E-state index contributed by atoms with van der Waals surface area (Å²) in [6, 6.07) is 3.37. The van der Waals surface area contributed by atoms with E-state index in [1.54, 1.807) is 18.0 Å². The molecule has 2 saturated heterocycles. The van der Waals surface area contributed by atoms with Crippen LogP contribution >= 0.6 is 23.2 Å². The number of nitrogens with zero attached hydrogens (tertiary/aromatic N) is 1. The summed E-state index contributed by atoms with van der Waals surface area (Å²) in [4.78, 5) is 52.3. The van der Waals surface area contributed by atoms with Gasteiger partial charge in [0.2, 0.25) is 5.91 Å². The molecule has 184 valence electrons. The van der Waals surface area contributed by atoms with Gasteiger partial charge in [-0.25, -0.2) is 0 Å². The summed E-state index contributed by atoms with van der Waals surface area (Å²) in [5, 5.41) is 5.76. The van der Waals surface area contributed by atoms with Crippen molar-refractivity contribution in [1.82, 2.24) is 15.5 Å². The molecular weight excluding hydrogens is 484 g/mol. The second-order valence-electron chi connectivity index (χ2n) is 8.98. The second kappa shape index (κ2) is 11.4. The Bertz CT molecular complexity index is 937. The van der Waals surface area contributed by atoms with Gasteiger partial charge in [-0.05, 0) is 56.8 Å². The van der Waals surface area contributed by atoms with Crippen LogP contribution in [0.3, 0.4) is 0 Å². The van der Waals surface area contributed by atoms with Gasteiger partial charge in [0.05, 0.1) is 23.1 Å². The molecule has 3 atom stereocenters. The van der Waals surface area contributed by atoms with Gasteiger partial charge >= 0.3 is 19.1 Å². The summed E-state index contributed by atoms with van der Waals surface area (Å²) in [7, 11) is 0.445. The predicted octanol–water partition coefficient (Wildman–Crippen LogP) is 2.23. The topological polar surface area (TPSA) is 114 Å². The summed E-state index contributed by atoms with van der Waals surface area (Å²) in [5.74, 6) is -2.77. The Kier molecular flexibility index (Phi) is 8.84. The molecule has 1 aromatic carbocycles. The predicted molar refractivity (Wildman–Crippen MR) is 127 cm³/mol. The van der Waals surface area contributed by atoms with Crippen molar-refractivity contribution in [2.24, 2.45) is 5.92 Å². The summed E-state index contributed by atoms with van der Waals surface area (Å²) in [5.41, 5.74) is 0.138. The van der Waals surface area contributed by atoms with Crippen LogP contribution in [-0.2, 0) is 23.7 Å². The number of piperidine rings is 1. The standard InChI is InChI=1S/C22H28BCl2N3O6/c1-12(2)9-18(23-33-21(31)16-5-4-6-17(28(16)3)22(32)34-23)27-19(29)11-26-20(30)14-10-13(24)7-8-15(14)25/h7-8,10,12,16-18H,4-6,9,11H2,1-3H3,(H,26,30)(H,27,29)/t16-,17-,18-/m0/s1. The van der Waals surface area contributed by atoms with Gasteiger partial charge in [0.1, 0.15) is 12.1 Å². The molecule has 0 aromatic heterocycles. The quantitative estimate of drug-likeness (QED) is 0.539. The normalized spacial score (nSPS) is 21.8. The maximum absolute atomic E-state index is 12.8. The Morgan fingerprint density at radius 2 is 1.76 bits per heavy atom. The van der Waals surface area contributed by atoms with E-state index >= 15 is 0 Å². The van der Waals surface area contributed by atoms with Crippen LogP contribution in [0.15, 0.2) is 18.2 Å². The van der Waals surface area contributed by atoms with Gasteiger partial charge in [-0.3, -0.25) is 24.1 Å². The number of fused-ring (bicyclic) bond motifs is 2. The van der Waals surface area contributed by atoms with Gasteiger partial charge in [0, 0.05) is 5.02 Å². The maximum Gasteiger partial charge on any atom is 0.622 e. The van der Waals surface area contributed by atoms with Gasteiger partial charge < -0.3 is 19.9 Å². The first-order valence-electron chi connectivity index (χ1n) is 11.2. The molecule has 2 N–H and O–H groups in total. The summed E-state index contributed by atoms with van der Waals surface area (Å²) in [6.07, 6.45) is 2.28. The molecule has 0 aliphatic carbocycles. The Morgan fingerprint density at radius 3 is 2.35 bits per heavy atom. The van der Waals surface area contributed by atoms with Crippen LogP contribution in [0, 0.1) is 5.92 Å². The van der Waals surface area contributed by atoms with Crippen molar-refractivity contribution in [3.63, 3.8) is 0 Å². The first kappa shape index (κ1) is 26.3. The number of benzene rings is 1. The van der Waals surface area contributed by atoms with Gasteiger partial charge in [0.25, 0.3) is 5.91 Å². The summed E-state index contributed by atoms with van der Waals surface area (Å²) < 4.78 is 11.1. The number of carbonyl (C=O) groups excluding carboxylic acids is 4. The molecule has 2 aliphatic rings. The van der Waals surface area contributed by atoms with Gasteiger partial charge in [-0.1, -0.05) is 37.0 Å². The van der Waals surface area contributed by atoms with E-state index < -0.39 is 48.9 Å². The fourth-order valence-corrected chi connectivity index (χ4v) is 4.58. The van der Waals surface area contributed by atoms with Crippen LogP contribution in [0.25, 0.3) is 0 Å². The molecule has 0 saturated carbocycles. The molecule has 34 heavy (non-hydrogen) atoms. The maximum atomic E-state index is 12.8. The van der Waals surface area contributed by atoms with Crippen LogP contribution in [0.5, 0.6) is 0 Å². The molecule has 12 heteroatoms. The number of likely N-dealkylation sites (N-methyl/N-ethyl adjacent to an activating group) is 1. The van der Waals surface area contributed by atoms with Crippen LogP contribution in [0.1, 0.15) is 49.9 Å². The smallest absolute Gasteiger partial charge is 0.497 e. The Morgan fingerprint density at radius 1 is 1.15 bits per heavy atom. The van der Waals surface area contributed by atoms with Gasteiger partial charge in [0.15, 0.2) is 0 Å². The molecule has 2 bridgehead atoms. The number of halogens is 2. The molecule has 0 radical (unpaired) electrons. The van der Waals surface area contributed by atoms with Crippen LogP contribution in [0.2, 0.25) is 10.0 Å². The lowest BCUT2D eigenvalue weighted by atomic mass is 9.73. The minimum atomic E-state index is -1.26. The lowest BCUT2D eigenvalue weighted by Gasteiger charge is -2.40. The SMILES string of the molecule is CC(C)C[C@H](NC(=O)CNC(=O)c1cc(Cl)ccc1Cl)B1OC(=O)[C@@H]2CCC[C@@H](C(=O)O1)N2C. The Labute approximate surface area is 208 Å². The highest BCUT2D eigenvalue weighted by Gasteiger charge is 2.47. The molecule has 2 fully saturated rings. The third-order valence-corrected chi connectivity index (χ3v) is 6.49. The summed E-state index contributed by atoms with van der Waals surface area (Å²) in [6.45, 7) is 3.49. The van der Waals surface area contributed by atoms with Crippen LogP contribution < -0.4 is 10.6 Å². The van der Waals surface area contributed by atoms with E-state index in [-0.39, 0.29) is 23.0 Å². The number of carbonyl (C=O) groups is 4. The first-order valence-corrected chi connectivity index (χ1v) is 12.0. The molecule has 2 amide bonds. The van der Waals surface area contributed by atoms with Crippen molar-refractivity contribution >= 4 is 54.1 Å². The number of rotatable bonds is 7. The van der Waals surface area contributed by atoms with Crippen LogP contribution in [0.4, 0.5) is 0 Å². The van der Waals surface area contributed by atoms with Gasteiger partial charge in [-0.2, -0.15) is 0 Å². The Balaban J connectivity index is 1.68. The van der Waals surface area contributed by atoms with E-state index in [1.165, 1.54) is 12.1 Å². The van der Waals surface area contributed by atoms with Crippen molar-refractivity contribution in [3.05, 3.63) is 33.8 Å². The zero-order chi connectivity index (χ0) is 25.0. The summed E-state index contributed by atoms with van der Waals surface area (Å²) >= 11 is 12.0. The van der Waals surface area contributed by atoms with Crippen molar-refractivity contribution in [1.29, 1.82) is 0 Å².